The first-order chi connectivity index (χ1) is 16.9. The predicted octanol–water partition coefficient (Wildman–Crippen LogP) is 1.88. The number of ether oxygens (including phenoxy) is 2. The molecule has 4 rings (SSSR count). The number of hydrogen-bond donors (Lipinski definition) is 2. The average molecular weight is 482 g/mol. The number of fused-ring (bicyclic) bond motifs is 1. The van der Waals surface area contributed by atoms with Gasteiger partial charge in [0.15, 0.2) is 0 Å². The molecule has 35 heavy (non-hydrogen) atoms. The number of aryl methyl sites for hydroxylation is 1. The van der Waals surface area contributed by atoms with Crippen LogP contribution >= 0.6 is 0 Å². The first-order valence-electron chi connectivity index (χ1n) is 11.7. The van der Waals surface area contributed by atoms with Gasteiger partial charge in [-0.3, -0.25) is 24.4 Å². The molecular weight excluding hydrogens is 450 g/mol. The number of aromatic nitrogens is 4. The van der Waals surface area contributed by atoms with Crippen molar-refractivity contribution in [3.63, 3.8) is 0 Å². The number of nitrogens with two attached hydrogens (primary N) is 1. The van der Waals surface area contributed by atoms with Gasteiger partial charge in [-0.05, 0) is 44.9 Å². The van der Waals surface area contributed by atoms with Crippen molar-refractivity contribution in [1.29, 1.82) is 0 Å². The first-order valence-corrected chi connectivity index (χ1v) is 11.7. The van der Waals surface area contributed by atoms with Crippen LogP contribution in [0.4, 0.5) is 11.9 Å². The van der Waals surface area contributed by atoms with Crippen molar-refractivity contribution in [2.75, 3.05) is 51.0 Å². The first kappa shape index (κ1) is 24.6. The predicted molar refractivity (Wildman–Crippen MR) is 133 cm³/mol. The molecular formula is C24H31N7O4. The molecule has 0 atom stereocenters. The van der Waals surface area contributed by atoms with Crippen LogP contribution in [0.5, 0.6) is 5.75 Å². The molecule has 11 heteroatoms. The molecule has 0 spiro atoms. The third-order valence-corrected chi connectivity index (χ3v) is 6.01. The Labute approximate surface area is 203 Å². The molecule has 1 aromatic carbocycles. The summed E-state index contributed by atoms with van der Waals surface area (Å²) >= 11 is 0. The van der Waals surface area contributed by atoms with Crippen LogP contribution in [0.15, 0.2) is 29.3 Å². The number of amides is 1. The maximum absolute atomic E-state index is 13.4. The third kappa shape index (κ3) is 5.41. The van der Waals surface area contributed by atoms with Crippen molar-refractivity contribution in [2.24, 2.45) is 0 Å². The lowest BCUT2D eigenvalue weighted by atomic mass is 10.1. The number of nitrogens with zero attached hydrogens (tertiary/aromatic N) is 5. The average Bonchev–Trinajstić information content (AvgIpc) is 2.84. The standard InChI is InChI=1S/C24H31N7O4/c1-15(2)31-22(33)18-7-6-16(5-4-8-30-9-11-35-12-10-30)20(34-3)19(18)28-24(31)29-21(32)17-13-26-23(25)27-14-17/h6-7,13-15H,4-5,8-12H2,1-3H3,(H2,25,26,27)(H,28,29,32). The van der Waals surface area contributed by atoms with Crippen molar-refractivity contribution in [2.45, 2.75) is 32.7 Å². The van der Waals surface area contributed by atoms with Crippen LogP contribution in [0.2, 0.25) is 0 Å². The minimum atomic E-state index is -0.494. The Morgan fingerprint density at radius 3 is 2.60 bits per heavy atom. The normalized spacial score (nSPS) is 14.4. The van der Waals surface area contributed by atoms with Gasteiger partial charge in [0.25, 0.3) is 11.5 Å². The number of hydrogen-bond acceptors (Lipinski definition) is 9. The molecule has 0 saturated carbocycles. The monoisotopic (exact) mass is 481 g/mol. The van der Waals surface area contributed by atoms with E-state index in [2.05, 4.69) is 25.2 Å². The summed E-state index contributed by atoms with van der Waals surface area (Å²) in [6.45, 7) is 8.07. The van der Waals surface area contributed by atoms with Crippen molar-refractivity contribution in [1.82, 2.24) is 24.4 Å². The zero-order valence-corrected chi connectivity index (χ0v) is 20.3. The molecule has 1 fully saturated rings. The van der Waals surface area contributed by atoms with Crippen LogP contribution in [-0.2, 0) is 11.2 Å². The number of benzene rings is 1. The molecule has 1 aliphatic heterocycles. The number of nitrogen functional groups attached to an aromatic ring is 1. The Morgan fingerprint density at radius 2 is 1.94 bits per heavy atom. The minimum Gasteiger partial charge on any atom is -0.494 e. The molecule has 186 valence electrons. The highest BCUT2D eigenvalue weighted by molar-refractivity contribution is 6.03. The number of rotatable bonds is 8. The number of carbonyl (C=O) groups excluding carboxylic acids is 1. The van der Waals surface area contributed by atoms with Gasteiger partial charge in [-0.15, -0.1) is 0 Å². The van der Waals surface area contributed by atoms with Gasteiger partial charge in [0.1, 0.15) is 11.3 Å². The number of methoxy groups -OCH3 is 1. The van der Waals surface area contributed by atoms with Crippen LogP contribution < -0.4 is 21.3 Å². The summed E-state index contributed by atoms with van der Waals surface area (Å²) in [5, 5.41) is 3.17. The highest BCUT2D eigenvalue weighted by Crippen LogP contribution is 2.29. The number of anilines is 2. The Morgan fingerprint density at radius 1 is 1.23 bits per heavy atom. The van der Waals surface area contributed by atoms with E-state index in [0.29, 0.717) is 16.7 Å². The summed E-state index contributed by atoms with van der Waals surface area (Å²) in [5.41, 5.74) is 6.84. The van der Waals surface area contributed by atoms with Crippen LogP contribution in [0.25, 0.3) is 10.9 Å². The number of carbonyl (C=O) groups is 1. The highest BCUT2D eigenvalue weighted by atomic mass is 16.5. The van der Waals surface area contributed by atoms with E-state index in [1.165, 1.54) is 17.0 Å². The summed E-state index contributed by atoms with van der Waals surface area (Å²) in [6, 6.07) is 3.48. The second-order valence-corrected chi connectivity index (χ2v) is 8.70. The molecule has 1 saturated heterocycles. The lowest BCUT2D eigenvalue weighted by molar-refractivity contribution is 0.0374. The van der Waals surface area contributed by atoms with Gasteiger partial charge in [0.05, 0.1) is 31.3 Å². The Hall–Kier alpha value is -3.57. The number of nitrogens with one attached hydrogen (secondary N) is 1. The Bertz CT molecular complexity index is 1250. The van der Waals surface area contributed by atoms with Gasteiger partial charge in [-0.1, -0.05) is 6.07 Å². The van der Waals surface area contributed by atoms with Crippen LogP contribution in [0.1, 0.15) is 42.2 Å². The lowest BCUT2D eigenvalue weighted by Crippen LogP contribution is -2.36. The van der Waals surface area contributed by atoms with E-state index in [9.17, 15) is 9.59 Å². The molecule has 0 radical (unpaired) electrons. The van der Waals surface area contributed by atoms with E-state index < -0.39 is 5.91 Å². The molecule has 3 aromatic rings. The fourth-order valence-corrected chi connectivity index (χ4v) is 4.22. The molecule has 0 aliphatic carbocycles. The van der Waals surface area contributed by atoms with Crippen molar-refractivity contribution >= 4 is 28.7 Å². The maximum atomic E-state index is 13.4. The van der Waals surface area contributed by atoms with Crippen molar-refractivity contribution < 1.29 is 14.3 Å². The molecule has 0 unspecified atom stereocenters. The quantitative estimate of drug-likeness (QED) is 0.494. The summed E-state index contributed by atoms with van der Waals surface area (Å²) in [4.78, 5) is 41.0. The van der Waals surface area contributed by atoms with Gasteiger partial charge in [-0.25, -0.2) is 15.0 Å². The molecule has 11 nitrogen and oxygen atoms in total. The zero-order chi connectivity index (χ0) is 24.9. The summed E-state index contributed by atoms with van der Waals surface area (Å²) in [7, 11) is 1.57. The van der Waals surface area contributed by atoms with E-state index in [-0.39, 0.29) is 29.1 Å². The van der Waals surface area contributed by atoms with Gasteiger partial charge in [0, 0.05) is 31.5 Å². The smallest absolute Gasteiger partial charge is 0.263 e. The Balaban J connectivity index is 1.67. The molecule has 3 N–H and O–H groups in total. The molecule has 1 aliphatic rings. The van der Waals surface area contributed by atoms with Crippen LogP contribution in [0, 0.1) is 0 Å². The maximum Gasteiger partial charge on any atom is 0.263 e. The SMILES string of the molecule is COc1c(CCCN2CCOCC2)ccc2c(=O)n(C(C)C)c(NC(=O)c3cnc(N)nc3)nc12. The van der Waals surface area contributed by atoms with E-state index in [0.717, 1.165) is 51.3 Å². The van der Waals surface area contributed by atoms with E-state index >= 15 is 0 Å². The minimum absolute atomic E-state index is 0.0651. The molecule has 0 bridgehead atoms. The summed E-state index contributed by atoms with van der Waals surface area (Å²) < 4.78 is 12.6. The largest absolute Gasteiger partial charge is 0.494 e. The van der Waals surface area contributed by atoms with Crippen molar-refractivity contribution in [3.05, 3.63) is 46.0 Å². The fourth-order valence-electron chi connectivity index (χ4n) is 4.22. The van der Waals surface area contributed by atoms with Gasteiger partial charge >= 0.3 is 0 Å². The highest BCUT2D eigenvalue weighted by Gasteiger charge is 2.21. The molecule has 2 aromatic heterocycles. The summed E-state index contributed by atoms with van der Waals surface area (Å²) in [6.07, 6.45) is 4.36. The van der Waals surface area contributed by atoms with Gasteiger partial charge in [-0.2, -0.15) is 0 Å². The third-order valence-electron chi connectivity index (χ3n) is 6.01. The van der Waals surface area contributed by atoms with E-state index in [1.54, 1.807) is 13.2 Å². The van der Waals surface area contributed by atoms with Gasteiger partial charge < -0.3 is 15.2 Å². The van der Waals surface area contributed by atoms with Crippen molar-refractivity contribution in [3.8, 4) is 5.75 Å². The second-order valence-electron chi connectivity index (χ2n) is 8.70. The summed E-state index contributed by atoms with van der Waals surface area (Å²) in [5.74, 6) is 0.244. The lowest BCUT2D eigenvalue weighted by Gasteiger charge is -2.26. The molecule has 3 heterocycles. The van der Waals surface area contributed by atoms with Crippen LogP contribution in [0.3, 0.4) is 0 Å². The number of morpholine rings is 1. The zero-order valence-electron chi connectivity index (χ0n) is 20.3. The van der Waals surface area contributed by atoms with E-state index in [4.69, 9.17) is 15.2 Å². The van der Waals surface area contributed by atoms with Gasteiger partial charge in [0.2, 0.25) is 11.9 Å². The van der Waals surface area contributed by atoms with E-state index in [1.807, 2.05) is 19.9 Å². The topological polar surface area (TPSA) is 137 Å². The fraction of sp³-hybridized carbons (Fsp3) is 0.458. The Kier molecular flexibility index (Phi) is 7.57. The molecule has 1 amide bonds. The van der Waals surface area contributed by atoms with Crippen LogP contribution in [-0.4, -0.2) is 70.3 Å². The second kappa shape index (κ2) is 10.8.